The van der Waals surface area contributed by atoms with Crippen LogP contribution in [-0.4, -0.2) is 40.9 Å². The number of carbonyl (C=O) groups excluding carboxylic acids is 1. The maximum Gasteiger partial charge on any atom is 0.227 e. The Morgan fingerprint density at radius 2 is 1.62 bits per heavy atom. The molecule has 0 unspecified atom stereocenters. The third kappa shape index (κ3) is 5.18. The predicted octanol–water partition coefficient (Wildman–Crippen LogP) is 5.42. The van der Waals surface area contributed by atoms with E-state index in [0.29, 0.717) is 25.0 Å². The van der Waals surface area contributed by atoms with E-state index in [9.17, 15) is 4.79 Å². The summed E-state index contributed by atoms with van der Waals surface area (Å²) in [5.41, 5.74) is 6.01. The van der Waals surface area contributed by atoms with E-state index in [-0.39, 0.29) is 5.91 Å². The van der Waals surface area contributed by atoms with E-state index in [4.69, 9.17) is 0 Å². The zero-order chi connectivity index (χ0) is 23.3. The number of aryl methyl sites for hydroxylation is 1. The fraction of sp³-hybridized carbons (Fsp3) is 0.367. The average Bonchev–Trinajstić information content (AvgIpc) is 3.21. The number of nitrogens with one attached hydrogen (secondary N) is 1. The lowest BCUT2D eigenvalue weighted by atomic mass is 10.0. The third-order valence-corrected chi connectivity index (χ3v) is 7.54. The van der Waals surface area contributed by atoms with Gasteiger partial charge in [0.1, 0.15) is 0 Å². The summed E-state index contributed by atoms with van der Waals surface area (Å²) < 4.78 is 0. The number of fused-ring (bicyclic) bond motifs is 3. The Morgan fingerprint density at radius 3 is 2.47 bits per heavy atom. The number of rotatable bonds is 4. The van der Waals surface area contributed by atoms with Crippen molar-refractivity contribution in [1.29, 1.82) is 0 Å². The van der Waals surface area contributed by atoms with E-state index in [0.717, 1.165) is 43.7 Å². The van der Waals surface area contributed by atoms with Crippen LogP contribution >= 0.6 is 0 Å². The van der Waals surface area contributed by atoms with Crippen molar-refractivity contribution in [3.63, 3.8) is 0 Å². The Bertz CT molecular complexity index is 1110. The predicted molar refractivity (Wildman–Crippen MR) is 139 cm³/mol. The zero-order valence-corrected chi connectivity index (χ0v) is 20.1. The molecule has 2 heterocycles. The molecule has 0 aliphatic carbocycles. The van der Waals surface area contributed by atoms with Crippen LogP contribution in [0.15, 0.2) is 78.9 Å². The number of nitrogens with zero attached hydrogens (tertiary/aromatic N) is 2. The quantitative estimate of drug-likeness (QED) is 0.573. The van der Waals surface area contributed by atoms with Crippen molar-refractivity contribution >= 4 is 11.6 Å². The van der Waals surface area contributed by atoms with Crippen LogP contribution < -0.4 is 5.32 Å². The van der Waals surface area contributed by atoms with E-state index < -0.39 is 0 Å². The van der Waals surface area contributed by atoms with E-state index in [1.54, 1.807) is 0 Å². The van der Waals surface area contributed by atoms with Gasteiger partial charge >= 0.3 is 0 Å². The molecule has 3 aromatic rings. The Hall–Kier alpha value is -3.11. The van der Waals surface area contributed by atoms with E-state index in [1.165, 1.54) is 23.1 Å². The summed E-state index contributed by atoms with van der Waals surface area (Å²) in [6.45, 7) is 5.42. The second-order valence-corrected chi connectivity index (χ2v) is 9.79. The molecular formula is C30H35N3O. The van der Waals surface area contributed by atoms with Gasteiger partial charge in [-0.1, -0.05) is 72.8 Å². The van der Waals surface area contributed by atoms with Crippen molar-refractivity contribution in [2.24, 2.45) is 0 Å². The van der Waals surface area contributed by atoms with Crippen LogP contribution in [0.1, 0.15) is 41.5 Å². The van der Waals surface area contributed by atoms with Gasteiger partial charge in [0.25, 0.3) is 0 Å². The summed E-state index contributed by atoms with van der Waals surface area (Å²) in [6.07, 6.45) is 3.92. The van der Waals surface area contributed by atoms with Gasteiger partial charge in [-0.25, -0.2) is 0 Å². The minimum Gasteiger partial charge on any atom is -0.385 e. The fourth-order valence-corrected chi connectivity index (χ4v) is 5.58. The molecule has 0 aromatic heterocycles. The number of hydrogen-bond acceptors (Lipinski definition) is 3. The summed E-state index contributed by atoms with van der Waals surface area (Å²) in [7, 11) is 0. The molecule has 176 valence electrons. The molecular weight excluding hydrogens is 418 g/mol. The largest absolute Gasteiger partial charge is 0.385 e. The molecule has 4 nitrogen and oxygen atoms in total. The normalized spacial score (nSPS) is 20.8. The first-order chi connectivity index (χ1) is 16.7. The molecule has 5 rings (SSSR count). The van der Waals surface area contributed by atoms with Crippen molar-refractivity contribution in [1.82, 2.24) is 9.80 Å². The molecule has 1 fully saturated rings. The van der Waals surface area contributed by atoms with E-state index in [2.05, 4.69) is 88.8 Å². The number of amides is 1. The van der Waals surface area contributed by atoms with Crippen LogP contribution in [-0.2, 0) is 24.3 Å². The van der Waals surface area contributed by atoms with Crippen molar-refractivity contribution in [3.8, 4) is 0 Å². The summed E-state index contributed by atoms with van der Waals surface area (Å²) in [5.74, 6) is 0.214. The lowest BCUT2D eigenvalue weighted by molar-refractivity contribution is -0.132. The topological polar surface area (TPSA) is 35.6 Å². The molecule has 34 heavy (non-hydrogen) atoms. The second-order valence-electron chi connectivity index (χ2n) is 9.79. The van der Waals surface area contributed by atoms with Crippen molar-refractivity contribution in [3.05, 3.63) is 101 Å². The van der Waals surface area contributed by atoms with Gasteiger partial charge in [0, 0.05) is 44.0 Å². The van der Waals surface area contributed by atoms with Crippen LogP contribution in [0, 0.1) is 6.92 Å². The van der Waals surface area contributed by atoms with Crippen LogP contribution in [0.4, 0.5) is 5.69 Å². The number of para-hydroxylation sites is 1. The molecule has 2 aliphatic heterocycles. The number of benzene rings is 3. The molecule has 4 heteroatoms. The summed E-state index contributed by atoms with van der Waals surface area (Å²) >= 11 is 0. The zero-order valence-electron chi connectivity index (χ0n) is 20.1. The highest BCUT2D eigenvalue weighted by Crippen LogP contribution is 2.31. The SMILES string of the molecule is Cc1ccccc1CC(=O)N1Cc2ccccc2NCC[C@@H]2CC[C@H](C1)N2Cc1ccccc1. The molecule has 2 bridgehead atoms. The van der Waals surface area contributed by atoms with Crippen LogP contribution in [0.2, 0.25) is 0 Å². The molecule has 1 saturated heterocycles. The van der Waals surface area contributed by atoms with Crippen LogP contribution in [0.5, 0.6) is 0 Å². The summed E-state index contributed by atoms with van der Waals surface area (Å²) in [5, 5.41) is 3.68. The maximum atomic E-state index is 13.7. The summed E-state index contributed by atoms with van der Waals surface area (Å²) in [6, 6.07) is 28.4. The van der Waals surface area contributed by atoms with Crippen molar-refractivity contribution < 1.29 is 4.79 Å². The van der Waals surface area contributed by atoms with Gasteiger partial charge in [-0.2, -0.15) is 0 Å². The molecule has 0 saturated carbocycles. The molecule has 1 N–H and O–H groups in total. The lowest BCUT2D eigenvalue weighted by Crippen LogP contribution is -2.45. The van der Waals surface area contributed by atoms with Crippen molar-refractivity contribution in [2.75, 3.05) is 18.4 Å². The Kier molecular flexibility index (Phi) is 6.96. The average molecular weight is 454 g/mol. The monoisotopic (exact) mass is 453 g/mol. The first-order valence-electron chi connectivity index (χ1n) is 12.6. The highest BCUT2D eigenvalue weighted by molar-refractivity contribution is 5.79. The molecule has 2 aliphatic rings. The lowest BCUT2D eigenvalue weighted by Gasteiger charge is -2.34. The van der Waals surface area contributed by atoms with Gasteiger partial charge in [-0.05, 0) is 54.5 Å². The van der Waals surface area contributed by atoms with E-state index in [1.807, 2.05) is 12.1 Å². The first kappa shape index (κ1) is 22.7. The number of hydrogen-bond donors (Lipinski definition) is 1. The van der Waals surface area contributed by atoms with Crippen LogP contribution in [0.25, 0.3) is 0 Å². The number of anilines is 1. The fourth-order valence-electron chi connectivity index (χ4n) is 5.58. The third-order valence-electron chi connectivity index (χ3n) is 7.54. The molecule has 0 spiro atoms. The molecule has 2 atom stereocenters. The minimum atomic E-state index is 0.214. The van der Waals surface area contributed by atoms with E-state index >= 15 is 0 Å². The highest BCUT2D eigenvalue weighted by Gasteiger charge is 2.35. The van der Waals surface area contributed by atoms with Gasteiger partial charge in [-0.15, -0.1) is 0 Å². The minimum absolute atomic E-state index is 0.214. The summed E-state index contributed by atoms with van der Waals surface area (Å²) in [4.78, 5) is 18.5. The van der Waals surface area contributed by atoms with Gasteiger partial charge in [0.05, 0.1) is 6.42 Å². The number of carbonyl (C=O) groups is 1. The highest BCUT2D eigenvalue weighted by atomic mass is 16.2. The van der Waals surface area contributed by atoms with Gasteiger partial charge < -0.3 is 10.2 Å². The van der Waals surface area contributed by atoms with Gasteiger partial charge in [-0.3, -0.25) is 9.69 Å². The van der Waals surface area contributed by atoms with Crippen molar-refractivity contribution in [2.45, 2.75) is 57.8 Å². The van der Waals surface area contributed by atoms with Crippen LogP contribution in [0.3, 0.4) is 0 Å². The van der Waals surface area contributed by atoms with Gasteiger partial charge in [0.2, 0.25) is 5.91 Å². The Morgan fingerprint density at radius 1 is 0.882 bits per heavy atom. The first-order valence-corrected chi connectivity index (χ1v) is 12.6. The molecule has 0 radical (unpaired) electrons. The smallest absolute Gasteiger partial charge is 0.227 e. The Labute approximate surface area is 203 Å². The molecule has 1 amide bonds. The van der Waals surface area contributed by atoms with Gasteiger partial charge in [0.15, 0.2) is 0 Å². The maximum absolute atomic E-state index is 13.7. The molecule has 3 aromatic carbocycles. The standard InChI is InChI=1S/C30H35N3O/c1-23-9-5-6-12-25(23)19-30(34)32-21-26-13-7-8-14-29(26)31-18-17-27-15-16-28(22-32)33(27)20-24-10-3-2-4-11-24/h2-14,27-28,31H,15-22H2,1H3/t27-,28+/m0/s1. The second kappa shape index (κ2) is 10.4. The Balaban J connectivity index is 1.43.